The number of carbonyl (C=O) groups is 1. The summed E-state index contributed by atoms with van der Waals surface area (Å²) >= 11 is 4.19. The molecule has 0 heterocycles. The molecule has 0 unspecified atom stereocenters. The number of rotatable bonds is 7. The van der Waals surface area contributed by atoms with Crippen LogP contribution in [-0.2, 0) is 9.53 Å². The van der Waals surface area contributed by atoms with Crippen LogP contribution in [0.4, 0.5) is 26.3 Å². The number of benzene rings is 2. The summed E-state index contributed by atoms with van der Waals surface area (Å²) in [6, 6.07) is 10.2. The van der Waals surface area contributed by atoms with Crippen LogP contribution in [0, 0.1) is 0 Å². The number of esters is 1. The highest BCUT2D eigenvalue weighted by atomic mass is 35.5. The number of fused-ring (bicyclic) bond motifs is 1. The summed E-state index contributed by atoms with van der Waals surface area (Å²) in [7, 11) is 0. The molecule has 0 atom stereocenters. The van der Waals surface area contributed by atoms with E-state index in [-0.39, 0.29) is 23.8 Å². The van der Waals surface area contributed by atoms with Crippen LogP contribution in [0.15, 0.2) is 54.3 Å². The monoisotopic (exact) mass is 426 g/mol. The smallest absolute Gasteiger partial charge is 0.394 e. The Bertz CT molecular complexity index is 887. The van der Waals surface area contributed by atoms with Crippen molar-refractivity contribution < 1.29 is 40.6 Å². The molecule has 0 amide bonds. The lowest BCUT2D eigenvalue weighted by atomic mass is 10.1. The fourth-order valence-electron chi connectivity index (χ4n) is 2.21. The Morgan fingerprint density at radius 3 is 2.25 bits per heavy atom. The summed E-state index contributed by atoms with van der Waals surface area (Å²) in [6.45, 7) is 1.06. The van der Waals surface area contributed by atoms with Gasteiger partial charge in [0.25, 0.3) is 0 Å². The van der Waals surface area contributed by atoms with Crippen molar-refractivity contribution in [3.63, 3.8) is 0 Å². The van der Waals surface area contributed by atoms with Gasteiger partial charge in [0.2, 0.25) is 0 Å². The Morgan fingerprint density at radius 2 is 1.64 bits per heavy atom. The molecule has 28 heavy (non-hydrogen) atoms. The molecule has 0 radical (unpaired) electrons. The predicted octanol–water partition coefficient (Wildman–Crippen LogP) is 5.77. The first-order valence-corrected chi connectivity index (χ1v) is 8.16. The van der Waals surface area contributed by atoms with Crippen LogP contribution < -0.4 is 4.74 Å². The van der Waals surface area contributed by atoms with E-state index in [4.69, 9.17) is 4.74 Å². The van der Waals surface area contributed by atoms with Gasteiger partial charge in [-0.2, -0.15) is 26.3 Å². The van der Waals surface area contributed by atoms with E-state index >= 15 is 0 Å². The number of ether oxygens (including phenoxy) is 2. The van der Waals surface area contributed by atoms with Crippen LogP contribution in [0.2, 0.25) is 0 Å². The zero-order valence-corrected chi connectivity index (χ0v) is 15.0. The fraction of sp³-hybridized carbons (Fsp3) is 0.278. The van der Waals surface area contributed by atoms with Crippen LogP contribution in [-0.4, -0.2) is 29.8 Å². The lowest BCUT2D eigenvalue weighted by Crippen LogP contribution is -2.53. The second-order valence-electron chi connectivity index (χ2n) is 5.49. The van der Waals surface area contributed by atoms with E-state index in [2.05, 4.69) is 16.3 Å². The number of hydrogen-bond acceptors (Lipinski definition) is 3. The third-order valence-electron chi connectivity index (χ3n) is 3.56. The van der Waals surface area contributed by atoms with Crippen LogP contribution in [0.1, 0.15) is 6.92 Å². The van der Waals surface area contributed by atoms with Gasteiger partial charge in [0.05, 0.1) is 12.7 Å². The first-order chi connectivity index (χ1) is 12.9. The second-order valence-corrected chi connectivity index (χ2v) is 5.96. The molecule has 0 aliphatic heterocycles. The topological polar surface area (TPSA) is 35.5 Å². The van der Waals surface area contributed by atoms with Crippen molar-refractivity contribution >= 4 is 28.3 Å². The molecule has 0 fully saturated rings. The van der Waals surface area contributed by atoms with Gasteiger partial charge in [-0.25, -0.2) is 4.79 Å². The highest BCUT2D eigenvalue weighted by molar-refractivity contribution is 6.22. The van der Waals surface area contributed by atoms with Gasteiger partial charge in [-0.15, -0.1) is 0 Å². The van der Waals surface area contributed by atoms with Crippen molar-refractivity contribution in [3.05, 3.63) is 54.3 Å². The summed E-state index contributed by atoms with van der Waals surface area (Å²) < 4.78 is 91.2. The van der Waals surface area contributed by atoms with Gasteiger partial charge in [0.15, 0.2) is 5.76 Å². The number of alkyl halides is 7. The van der Waals surface area contributed by atoms with Gasteiger partial charge >= 0.3 is 23.2 Å². The summed E-state index contributed by atoms with van der Waals surface area (Å²) in [5.41, 5.74) is 0. The lowest BCUT2D eigenvalue weighted by Gasteiger charge is -2.30. The van der Waals surface area contributed by atoms with E-state index < -0.39 is 29.0 Å². The van der Waals surface area contributed by atoms with Crippen molar-refractivity contribution in [3.8, 4) is 5.75 Å². The van der Waals surface area contributed by atoms with Crippen molar-refractivity contribution in [1.29, 1.82) is 0 Å². The molecule has 0 bridgehead atoms. The van der Waals surface area contributed by atoms with Crippen molar-refractivity contribution in [2.24, 2.45) is 0 Å². The Morgan fingerprint density at radius 1 is 1.04 bits per heavy atom. The zero-order chi connectivity index (χ0) is 21.2. The quantitative estimate of drug-likeness (QED) is 0.185. The average molecular weight is 427 g/mol. The van der Waals surface area contributed by atoms with Gasteiger partial charge in [-0.3, -0.25) is 0 Å². The highest BCUT2D eigenvalue weighted by Crippen LogP contribution is 2.51. The highest BCUT2D eigenvalue weighted by Gasteiger charge is 2.73. The van der Waals surface area contributed by atoms with E-state index in [1.54, 1.807) is 18.2 Å². The zero-order valence-electron chi connectivity index (χ0n) is 14.2. The van der Waals surface area contributed by atoms with E-state index in [9.17, 15) is 31.1 Å². The second kappa shape index (κ2) is 7.90. The average Bonchev–Trinajstić information content (AvgIpc) is 2.60. The summed E-state index contributed by atoms with van der Waals surface area (Å²) in [5, 5.41) is -4.91. The first kappa shape index (κ1) is 21.9. The first-order valence-electron chi connectivity index (χ1n) is 7.78. The molecule has 10 heteroatoms. The molecule has 152 valence electrons. The van der Waals surface area contributed by atoms with Gasteiger partial charge in [-0.1, -0.05) is 36.4 Å². The third kappa shape index (κ3) is 4.19. The Kier molecular flexibility index (Phi) is 6.18. The normalized spacial score (nSPS) is 13.5. The molecule has 2 aromatic rings. The number of carbonyl (C=O) groups excluding carboxylic acids is 1. The van der Waals surface area contributed by atoms with E-state index in [1.807, 2.05) is 0 Å². The van der Waals surface area contributed by atoms with Crippen LogP contribution in [0.5, 0.6) is 5.75 Å². The maximum absolute atomic E-state index is 14.3. The van der Waals surface area contributed by atoms with Crippen LogP contribution in [0.25, 0.3) is 10.8 Å². The van der Waals surface area contributed by atoms with Crippen molar-refractivity contribution in [2.45, 2.75) is 24.2 Å². The molecule has 0 spiro atoms. The predicted molar refractivity (Wildman–Crippen MR) is 90.0 cm³/mol. The van der Waals surface area contributed by atoms with Gasteiger partial charge in [0.1, 0.15) is 5.75 Å². The summed E-state index contributed by atoms with van der Waals surface area (Å²) in [4.78, 5) is 11.6. The minimum absolute atomic E-state index is 0.109. The molecular weight excluding hydrogens is 414 g/mol. The largest absolute Gasteiger partial charge is 0.463 e. The fourth-order valence-corrected chi connectivity index (χ4v) is 2.33. The van der Waals surface area contributed by atoms with Crippen molar-refractivity contribution in [2.75, 3.05) is 6.61 Å². The number of hydrogen-bond donors (Lipinski definition) is 0. The molecule has 0 aliphatic rings. The molecule has 2 aromatic carbocycles. The van der Waals surface area contributed by atoms with E-state index in [1.165, 1.54) is 25.1 Å². The van der Waals surface area contributed by atoms with E-state index in [0.29, 0.717) is 5.39 Å². The lowest BCUT2D eigenvalue weighted by molar-refractivity contribution is -0.271. The number of allylic oxidation sites excluding steroid dienone is 1. The Hall–Kier alpha value is -2.42. The minimum Gasteiger partial charge on any atom is -0.463 e. The van der Waals surface area contributed by atoms with Crippen LogP contribution in [0.3, 0.4) is 0 Å². The molecule has 2 rings (SSSR count). The van der Waals surface area contributed by atoms with Gasteiger partial charge < -0.3 is 9.47 Å². The molecule has 0 saturated heterocycles. The molecule has 0 aliphatic carbocycles. The maximum Gasteiger partial charge on any atom is 0.394 e. The standard InChI is InChI=1S/C18H13ClF6O3/c1-2-27-15(26)10-14(16(20,21)17(22,23)18(19,24)25)28-13-9-5-7-11-6-3-4-8-12(11)13/h3-10H,2H2,1H3/b14-10-. The van der Waals surface area contributed by atoms with E-state index in [0.717, 1.165) is 6.07 Å². The Balaban J connectivity index is 2.59. The SMILES string of the molecule is CCOC(=O)/C=C(\Oc1cccc2ccccc12)C(F)(F)C(F)(F)C(F)(F)Cl. The molecule has 0 aromatic heterocycles. The summed E-state index contributed by atoms with van der Waals surface area (Å²) in [6.07, 6.45) is -0.109. The number of halogens is 7. The maximum atomic E-state index is 14.3. The van der Waals surface area contributed by atoms with Crippen molar-refractivity contribution in [1.82, 2.24) is 0 Å². The molecule has 3 nitrogen and oxygen atoms in total. The van der Waals surface area contributed by atoms with Gasteiger partial charge in [0, 0.05) is 5.39 Å². The minimum atomic E-state index is -6.07. The third-order valence-corrected chi connectivity index (χ3v) is 3.80. The summed E-state index contributed by atoms with van der Waals surface area (Å²) in [5.74, 6) is -15.6. The van der Waals surface area contributed by atoms with Gasteiger partial charge in [-0.05, 0) is 30.0 Å². The molecule has 0 N–H and O–H groups in total. The van der Waals surface area contributed by atoms with Crippen LogP contribution >= 0.6 is 11.6 Å². The molecular formula is C18H13ClF6O3. The Labute approximate surface area is 160 Å². The molecule has 0 saturated carbocycles.